The lowest BCUT2D eigenvalue weighted by Crippen LogP contribution is -2.10. The Bertz CT molecular complexity index is 552. The van der Waals surface area contributed by atoms with E-state index in [9.17, 15) is 0 Å². The number of hydrogen-bond donors (Lipinski definition) is 1. The van der Waals surface area contributed by atoms with Crippen LogP contribution in [-0.2, 0) is 17.7 Å². The first kappa shape index (κ1) is 14.7. The summed E-state index contributed by atoms with van der Waals surface area (Å²) in [6.07, 6.45) is 0.451. The maximum atomic E-state index is 5.73. The molecule has 0 aliphatic carbocycles. The number of methoxy groups -OCH3 is 1. The van der Waals surface area contributed by atoms with Crippen LogP contribution in [0.5, 0.6) is 0 Å². The van der Waals surface area contributed by atoms with Crippen molar-refractivity contribution in [1.29, 1.82) is 0 Å². The molecule has 0 saturated carbocycles. The number of benzene rings is 1. The van der Waals surface area contributed by atoms with E-state index >= 15 is 0 Å². The molecule has 1 aromatic heterocycles. The van der Waals surface area contributed by atoms with Crippen LogP contribution in [0.3, 0.4) is 0 Å². The van der Waals surface area contributed by atoms with E-state index in [1.165, 1.54) is 0 Å². The van der Waals surface area contributed by atoms with Crippen molar-refractivity contribution in [3.8, 4) is 0 Å². The van der Waals surface area contributed by atoms with Gasteiger partial charge in [-0.25, -0.2) is 0 Å². The van der Waals surface area contributed by atoms with Crippen LogP contribution in [0.15, 0.2) is 28.8 Å². The fraction of sp³-hybridized carbons (Fsp3) is 0.467. The molecule has 0 amide bonds. The summed E-state index contributed by atoms with van der Waals surface area (Å²) in [5, 5.41) is 4.02. The standard InChI is InChI=1S/C15H21N3O2/c1-10(2)14(19-3)15-17-13(20-18-15)8-11-6-4-5-7-12(11)9-16/h4-7,10,14H,8-9,16H2,1-3H3. The van der Waals surface area contributed by atoms with Gasteiger partial charge in [-0.3, -0.25) is 0 Å². The molecule has 1 aromatic carbocycles. The molecule has 108 valence electrons. The summed E-state index contributed by atoms with van der Waals surface area (Å²) in [6.45, 7) is 4.63. The second kappa shape index (κ2) is 6.63. The minimum atomic E-state index is -0.141. The van der Waals surface area contributed by atoms with E-state index in [-0.39, 0.29) is 6.10 Å². The van der Waals surface area contributed by atoms with Crippen molar-refractivity contribution in [2.24, 2.45) is 11.7 Å². The molecule has 5 heteroatoms. The lowest BCUT2D eigenvalue weighted by molar-refractivity contribution is 0.0555. The van der Waals surface area contributed by atoms with Gasteiger partial charge >= 0.3 is 0 Å². The van der Waals surface area contributed by atoms with E-state index in [1.807, 2.05) is 24.3 Å². The molecule has 1 heterocycles. The van der Waals surface area contributed by atoms with Crippen LogP contribution in [0.1, 0.15) is 42.8 Å². The van der Waals surface area contributed by atoms with Gasteiger partial charge in [0.25, 0.3) is 0 Å². The van der Waals surface area contributed by atoms with Crippen LogP contribution in [-0.4, -0.2) is 17.3 Å². The largest absolute Gasteiger partial charge is 0.373 e. The van der Waals surface area contributed by atoms with Crippen molar-refractivity contribution in [3.63, 3.8) is 0 Å². The van der Waals surface area contributed by atoms with Crippen LogP contribution in [0.4, 0.5) is 0 Å². The second-order valence-corrected chi connectivity index (χ2v) is 5.10. The smallest absolute Gasteiger partial charge is 0.231 e. The maximum Gasteiger partial charge on any atom is 0.231 e. The molecule has 1 atom stereocenters. The van der Waals surface area contributed by atoms with Gasteiger partial charge in [0, 0.05) is 13.7 Å². The predicted molar refractivity (Wildman–Crippen MR) is 76.0 cm³/mol. The minimum Gasteiger partial charge on any atom is -0.373 e. The molecule has 1 unspecified atom stereocenters. The zero-order chi connectivity index (χ0) is 14.5. The zero-order valence-electron chi connectivity index (χ0n) is 12.2. The van der Waals surface area contributed by atoms with Gasteiger partial charge < -0.3 is 15.0 Å². The second-order valence-electron chi connectivity index (χ2n) is 5.10. The third-order valence-corrected chi connectivity index (χ3v) is 3.28. The van der Waals surface area contributed by atoms with E-state index in [0.29, 0.717) is 30.6 Å². The van der Waals surface area contributed by atoms with E-state index in [0.717, 1.165) is 11.1 Å². The van der Waals surface area contributed by atoms with Crippen LogP contribution < -0.4 is 5.73 Å². The highest BCUT2D eigenvalue weighted by Crippen LogP contribution is 2.23. The molecule has 0 bridgehead atoms. The number of ether oxygens (including phenoxy) is 1. The molecule has 0 aliphatic heterocycles. The molecule has 20 heavy (non-hydrogen) atoms. The summed E-state index contributed by atoms with van der Waals surface area (Å²) in [5.74, 6) is 1.48. The number of nitrogens with two attached hydrogens (primary N) is 1. The third kappa shape index (κ3) is 3.23. The SMILES string of the molecule is COC(c1noc(Cc2ccccc2CN)n1)C(C)C. The molecule has 0 saturated heterocycles. The lowest BCUT2D eigenvalue weighted by Gasteiger charge is -2.14. The average molecular weight is 275 g/mol. The Kier molecular flexibility index (Phi) is 4.87. The molecular weight excluding hydrogens is 254 g/mol. The first-order valence-electron chi connectivity index (χ1n) is 6.77. The molecule has 2 rings (SSSR count). The predicted octanol–water partition coefficient (Wildman–Crippen LogP) is 2.46. The number of rotatable bonds is 6. The zero-order valence-corrected chi connectivity index (χ0v) is 12.2. The summed E-state index contributed by atoms with van der Waals surface area (Å²) in [6, 6.07) is 8.00. The molecule has 0 spiro atoms. The van der Waals surface area contributed by atoms with Gasteiger partial charge in [-0.2, -0.15) is 4.98 Å². The van der Waals surface area contributed by atoms with Gasteiger partial charge in [0.05, 0.1) is 6.42 Å². The van der Waals surface area contributed by atoms with Gasteiger partial charge in [0.2, 0.25) is 11.7 Å². The van der Waals surface area contributed by atoms with E-state index in [2.05, 4.69) is 24.0 Å². The molecular formula is C15H21N3O2. The van der Waals surface area contributed by atoms with Crippen molar-refractivity contribution in [2.45, 2.75) is 32.9 Å². The summed E-state index contributed by atoms with van der Waals surface area (Å²) < 4.78 is 10.7. The van der Waals surface area contributed by atoms with Gasteiger partial charge in [0.15, 0.2) is 0 Å². The molecule has 2 aromatic rings. The van der Waals surface area contributed by atoms with Crippen molar-refractivity contribution in [2.75, 3.05) is 7.11 Å². The number of aromatic nitrogens is 2. The number of nitrogens with zero attached hydrogens (tertiary/aromatic N) is 2. The molecule has 5 nitrogen and oxygen atoms in total. The average Bonchev–Trinajstić information content (AvgIpc) is 2.88. The fourth-order valence-electron chi connectivity index (χ4n) is 2.22. The Balaban J connectivity index is 2.17. The highest BCUT2D eigenvalue weighted by molar-refractivity contribution is 5.29. The first-order chi connectivity index (χ1) is 9.65. The minimum absolute atomic E-state index is 0.141. The van der Waals surface area contributed by atoms with E-state index < -0.39 is 0 Å². The topological polar surface area (TPSA) is 74.2 Å². The monoisotopic (exact) mass is 275 g/mol. The third-order valence-electron chi connectivity index (χ3n) is 3.28. The van der Waals surface area contributed by atoms with Crippen LogP contribution in [0.25, 0.3) is 0 Å². The molecule has 0 radical (unpaired) electrons. The van der Waals surface area contributed by atoms with Crippen molar-refractivity contribution in [1.82, 2.24) is 10.1 Å². The fourth-order valence-corrected chi connectivity index (χ4v) is 2.22. The van der Waals surface area contributed by atoms with Crippen molar-refractivity contribution >= 4 is 0 Å². The number of hydrogen-bond acceptors (Lipinski definition) is 5. The van der Waals surface area contributed by atoms with Crippen molar-refractivity contribution < 1.29 is 9.26 Å². The Morgan fingerprint density at radius 3 is 2.55 bits per heavy atom. The van der Waals surface area contributed by atoms with Gasteiger partial charge in [-0.05, 0) is 17.0 Å². The van der Waals surface area contributed by atoms with Gasteiger partial charge in [-0.15, -0.1) is 0 Å². The van der Waals surface area contributed by atoms with Crippen LogP contribution in [0.2, 0.25) is 0 Å². The molecule has 2 N–H and O–H groups in total. The van der Waals surface area contributed by atoms with Crippen LogP contribution >= 0.6 is 0 Å². The normalized spacial score (nSPS) is 12.8. The Morgan fingerprint density at radius 1 is 1.25 bits per heavy atom. The summed E-state index contributed by atoms with van der Waals surface area (Å²) in [5.41, 5.74) is 7.94. The van der Waals surface area contributed by atoms with Crippen molar-refractivity contribution in [3.05, 3.63) is 47.1 Å². The first-order valence-corrected chi connectivity index (χ1v) is 6.77. The quantitative estimate of drug-likeness (QED) is 0.876. The highest BCUT2D eigenvalue weighted by Gasteiger charge is 2.21. The summed E-state index contributed by atoms with van der Waals surface area (Å²) in [4.78, 5) is 4.43. The Labute approximate surface area is 119 Å². The Hall–Kier alpha value is -1.72. The highest BCUT2D eigenvalue weighted by atomic mass is 16.5. The van der Waals surface area contributed by atoms with Gasteiger partial charge in [-0.1, -0.05) is 43.3 Å². The van der Waals surface area contributed by atoms with Crippen LogP contribution in [0, 0.1) is 5.92 Å². The van der Waals surface area contributed by atoms with E-state index in [1.54, 1.807) is 7.11 Å². The van der Waals surface area contributed by atoms with Gasteiger partial charge in [0.1, 0.15) is 6.10 Å². The summed E-state index contributed by atoms with van der Waals surface area (Å²) in [7, 11) is 1.66. The Morgan fingerprint density at radius 2 is 1.95 bits per heavy atom. The lowest BCUT2D eigenvalue weighted by atomic mass is 10.0. The summed E-state index contributed by atoms with van der Waals surface area (Å²) >= 11 is 0. The molecule has 0 fully saturated rings. The molecule has 0 aliphatic rings. The maximum absolute atomic E-state index is 5.73. The van der Waals surface area contributed by atoms with E-state index in [4.69, 9.17) is 15.0 Å².